The molecule has 2 heterocycles. The number of nitrogens with one attached hydrogen (secondary N) is 1. The molecule has 0 saturated carbocycles. The third kappa shape index (κ3) is 3.12. The van der Waals surface area contributed by atoms with E-state index >= 15 is 0 Å². The fourth-order valence-corrected chi connectivity index (χ4v) is 2.39. The van der Waals surface area contributed by atoms with Crippen LogP contribution in [0.1, 0.15) is 24.1 Å². The van der Waals surface area contributed by atoms with Gasteiger partial charge in [0.25, 0.3) is 0 Å². The molecule has 5 nitrogen and oxygen atoms in total. The van der Waals surface area contributed by atoms with Crippen LogP contribution in [-0.4, -0.2) is 40.2 Å². The van der Waals surface area contributed by atoms with E-state index in [9.17, 15) is 18.0 Å². The van der Waals surface area contributed by atoms with Gasteiger partial charge in [0.1, 0.15) is 0 Å². The maximum atomic E-state index is 12.8. The van der Waals surface area contributed by atoms with Crippen molar-refractivity contribution in [1.29, 1.82) is 0 Å². The summed E-state index contributed by atoms with van der Waals surface area (Å²) in [6, 6.07) is -0.286. The normalized spacial score (nSPS) is 19.4. The van der Waals surface area contributed by atoms with Gasteiger partial charge in [-0.15, -0.1) is 0 Å². The van der Waals surface area contributed by atoms with Gasteiger partial charge in [0.05, 0.1) is 6.04 Å². The van der Waals surface area contributed by atoms with Gasteiger partial charge in [-0.25, -0.2) is 0 Å². The van der Waals surface area contributed by atoms with Crippen LogP contribution < -0.4 is 5.32 Å². The molecule has 1 unspecified atom stereocenters. The average molecular weight is 290 g/mol. The Kier molecular flexibility index (Phi) is 4.03. The van der Waals surface area contributed by atoms with Crippen LogP contribution >= 0.6 is 0 Å². The molecule has 2 rings (SSSR count). The molecule has 20 heavy (non-hydrogen) atoms. The average Bonchev–Trinajstić information content (AvgIpc) is 2.96. The molecule has 1 saturated heterocycles. The molecule has 1 aliphatic rings. The lowest BCUT2D eigenvalue weighted by Crippen LogP contribution is -2.41. The number of hydrogen-bond acceptors (Lipinski definition) is 3. The van der Waals surface area contributed by atoms with Gasteiger partial charge in [-0.2, -0.15) is 18.3 Å². The van der Waals surface area contributed by atoms with Crippen molar-refractivity contribution in [1.82, 2.24) is 20.0 Å². The fraction of sp³-hybridized carbons (Fsp3) is 0.667. The number of nitrogens with zero attached hydrogens (tertiary/aromatic N) is 3. The highest BCUT2D eigenvalue weighted by Crippen LogP contribution is 2.31. The molecule has 0 spiro atoms. The van der Waals surface area contributed by atoms with Crippen molar-refractivity contribution in [2.75, 3.05) is 13.6 Å². The van der Waals surface area contributed by atoms with Gasteiger partial charge >= 0.3 is 6.18 Å². The monoisotopic (exact) mass is 290 g/mol. The highest BCUT2D eigenvalue weighted by Gasteiger charge is 2.37. The lowest BCUT2D eigenvalue weighted by atomic mass is 10.2. The SMILES string of the molecule is CN(Cc1cn(C)nc1C(F)(F)F)C(=O)C1CCCN1. The molecule has 1 aliphatic heterocycles. The van der Waals surface area contributed by atoms with Gasteiger partial charge in [0, 0.05) is 32.4 Å². The van der Waals surface area contributed by atoms with E-state index in [4.69, 9.17) is 0 Å². The van der Waals surface area contributed by atoms with Gasteiger partial charge in [0.2, 0.25) is 5.91 Å². The molecule has 8 heteroatoms. The summed E-state index contributed by atoms with van der Waals surface area (Å²) in [6.07, 6.45) is -1.58. The van der Waals surface area contributed by atoms with Crippen molar-refractivity contribution in [3.63, 3.8) is 0 Å². The first-order chi connectivity index (χ1) is 9.29. The summed E-state index contributed by atoms with van der Waals surface area (Å²) in [5, 5.41) is 6.47. The zero-order valence-corrected chi connectivity index (χ0v) is 11.4. The maximum absolute atomic E-state index is 12.8. The van der Waals surface area contributed by atoms with Crippen LogP contribution in [0.2, 0.25) is 0 Å². The molecule has 1 aromatic heterocycles. The topological polar surface area (TPSA) is 50.2 Å². The third-order valence-electron chi connectivity index (χ3n) is 3.32. The van der Waals surface area contributed by atoms with Crippen LogP contribution in [-0.2, 0) is 24.6 Å². The van der Waals surface area contributed by atoms with E-state index in [2.05, 4.69) is 10.4 Å². The zero-order chi connectivity index (χ0) is 14.9. The molecule has 1 fully saturated rings. The molecule has 1 aromatic rings. The van der Waals surface area contributed by atoms with E-state index in [1.54, 1.807) is 0 Å². The minimum atomic E-state index is -4.51. The zero-order valence-electron chi connectivity index (χ0n) is 11.4. The van der Waals surface area contributed by atoms with Gasteiger partial charge < -0.3 is 10.2 Å². The van der Waals surface area contributed by atoms with Crippen LogP contribution in [0.25, 0.3) is 0 Å². The van der Waals surface area contributed by atoms with Crippen LogP contribution in [0.15, 0.2) is 6.20 Å². The molecule has 1 amide bonds. The van der Waals surface area contributed by atoms with Gasteiger partial charge in [-0.1, -0.05) is 0 Å². The molecule has 1 N–H and O–H groups in total. The molecular weight excluding hydrogens is 273 g/mol. The van der Waals surface area contributed by atoms with Crippen molar-refractivity contribution < 1.29 is 18.0 Å². The Hall–Kier alpha value is -1.57. The second-order valence-corrected chi connectivity index (χ2v) is 5.02. The number of amides is 1. The summed E-state index contributed by atoms with van der Waals surface area (Å²) >= 11 is 0. The summed E-state index contributed by atoms with van der Waals surface area (Å²) in [5.74, 6) is -0.181. The second-order valence-electron chi connectivity index (χ2n) is 5.02. The van der Waals surface area contributed by atoms with Crippen molar-refractivity contribution in [2.24, 2.45) is 7.05 Å². The first kappa shape index (κ1) is 14.8. The number of likely N-dealkylation sites (N-methyl/N-ethyl adjacent to an activating group) is 1. The van der Waals surface area contributed by atoms with E-state index in [-0.39, 0.29) is 24.1 Å². The minimum absolute atomic E-state index is 0.00819. The van der Waals surface area contributed by atoms with E-state index in [0.717, 1.165) is 24.1 Å². The van der Waals surface area contributed by atoms with E-state index in [0.29, 0.717) is 0 Å². The highest BCUT2D eigenvalue weighted by molar-refractivity contribution is 5.81. The summed E-state index contributed by atoms with van der Waals surface area (Å²) in [6.45, 7) is 0.671. The number of aromatic nitrogens is 2. The van der Waals surface area contributed by atoms with E-state index in [1.807, 2.05) is 0 Å². The molecular formula is C12H17F3N4O. The van der Waals surface area contributed by atoms with Gasteiger partial charge in [0.15, 0.2) is 5.69 Å². The number of carbonyl (C=O) groups is 1. The van der Waals surface area contributed by atoms with Crippen molar-refractivity contribution in [3.05, 3.63) is 17.5 Å². The Morgan fingerprint density at radius 2 is 2.30 bits per heavy atom. The Balaban J connectivity index is 2.11. The number of hydrogen-bond donors (Lipinski definition) is 1. The first-order valence-electron chi connectivity index (χ1n) is 6.37. The highest BCUT2D eigenvalue weighted by atomic mass is 19.4. The Morgan fingerprint density at radius 1 is 1.60 bits per heavy atom. The molecule has 112 valence electrons. The summed E-state index contributed by atoms with van der Waals surface area (Å²) in [4.78, 5) is 13.4. The first-order valence-corrected chi connectivity index (χ1v) is 6.37. The summed E-state index contributed by atoms with van der Waals surface area (Å²) in [5.41, 5.74) is -0.923. The Labute approximate surface area is 114 Å². The number of rotatable bonds is 3. The number of carbonyl (C=O) groups excluding carboxylic acids is 1. The van der Waals surface area contributed by atoms with Crippen LogP contribution in [0.3, 0.4) is 0 Å². The molecule has 0 radical (unpaired) electrons. The molecule has 0 aromatic carbocycles. The van der Waals surface area contributed by atoms with Crippen LogP contribution in [0, 0.1) is 0 Å². The van der Waals surface area contributed by atoms with Crippen molar-refractivity contribution in [2.45, 2.75) is 31.6 Å². The molecule has 0 bridgehead atoms. The standard InChI is InChI=1S/C12H17F3N4O/c1-18(11(20)9-4-3-5-16-9)6-8-7-19(2)17-10(8)12(13,14)15/h7,9,16H,3-6H2,1-2H3. The number of halogens is 3. The summed E-state index contributed by atoms with van der Waals surface area (Å²) in [7, 11) is 2.94. The predicted molar refractivity (Wildman–Crippen MR) is 65.7 cm³/mol. The fourth-order valence-electron chi connectivity index (χ4n) is 2.39. The molecule has 0 aliphatic carbocycles. The number of aryl methyl sites for hydroxylation is 1. The predicted octanol–water partition coefficient (Wildman–Crippen LogP) is 1.15. The Morgan fingerprint density at radius 3 is 2.85 bits per heavy atom. The van der Waals surface area contributed by atoms with Gasteiger partial charge in [-0.3, -0.25) is 9.48 Å². The van der Waals surface area contributed by atoms with Crippen LogP contribution in [0.5, 0.6) is 0 Å². The van der Waals surface area contributed by atoms with Gasteiger partial charge in [-0.05, 0) is 19.4 Å². The lowest BCUT2D eigenvalue weighted by molar-refractivity contribution is -0.143. The molecule has 1 atom stereocenters. The smallest absolute Gasteiger partial charge is 0.340 e. The quantitative estimate of drug-likeness (QED) is 0.908. The summed E-state index contributed by atoms with van der Waals surface area (Å²) < 4.78 is 39.6. The maximum Gasteiger partial charge on any atom is 0.435 e. The number of alkyl halides is 3. The van der Waals surface area contributed by atoms with Crippen molar-refractivity contribution in [3.8, 4) is 0 Å². The largest absolute Gasteiger partial charge is 0.435 e. The second kappa shape index (κ2) is 5.43. The van der Waals surface area contributed by atoms with Crippen LogP contribution in [0.4, 0.5) is 13.2 Å². The van der Waals surface area contributed by atoms with E-state index < -0.39 is 11.9 Å². The third-order valence-corrected chi connectivity index (χ3v) is 3.32. The lowest BCUT2D eigenvalue weighted by Gasteiger charge is -2.21. The minimum Gasteiger partial charge on any atom is -0.340 e. The van der Waals surface area contributed by atoms with Crippen molar-refractivity contribution >= 4 is 5.91 Å². The Bertz CT molecular complexity index is 491. The van der Waals surface area contributed by atoms with E-state index in [1.165, 1.54) is 25.2 Å².